The van der Waals surface area contributed by atoms with Crippen LogP contribution in [0.25, 0.3) is 0 Å². The van der Waals surface area contributed by atoms with Gasteiger partial charge in [-0.1, -0.05) is 6.07 Å². The molecule has 1 aromatic rings. The van der Waals surface area contributed by atoms with Crippen LogP contribution in [0.15, 0.2) is 18.2 Å². The van der Waals surface area contributed by atoms with Gasteiger partial charge < -0.3 is 21.1 Å². The van der Waals surface area contributed by atoms with Crippen molar-refractivity contribution in [2.24, 2.45) is 5.73 Å². The summed E-state index contributed by atoms with van der Waals surface area (Å²) in [7, 11) is 0. The molecular weight excluding hydrogens is 344 g/mol. The van der Waals surface area contributed by atoms with E-state index in [9.17, 15) is 18.4 Å². The van der Waals surface area contributed by atoms with Crippen molar-refractivity contribution in [3.05, 3.63) is 29.3 Å². The third kappa shape index (κ3) is 5.61. The molecule has 2 rings (SSSR count). The summed E-state index contributed by atoms with van der Waals surface area (Å²) < 4.78 is 28.9. The maximum atomic E-state index is 12.3. The van der Waals surface area contributed by atoms with E-state index >= 15 is 0 Å². The summed E-state index contributed by atoms with van der Waals surface area (Å²) in [5.74, 6) is -0.614. The van der Waals surface area contributed by atoms with Crippen molar-refractivity contribution in [2.75, 3.05) is 13.1 Å². The van der Waals surface area contributed by atoms with Crippen molar-refractivity contribution in [1.29, 1.82) is 0 Å². The first kappa shape index (κ1) is 20.1. The van der Waals surface area contributed by atoms with Gasteiger partial charge in [0.2, 0.25) is 11.8 Å². The van der Waals surface area contributed by atoms with E-state index in [1.807, 2.05) is 0 Å². The Morgan fingerprint density at radius 3 is 2.75 bits per heavy atom. The first-order chi connectivity index (χ1) is 11.0. The maximum absolute atomic E-state index is 12.3. The van der Waals surface area contributed by atoms with E-state index in [0.29, 0.717) is 0 Å². The molecule has 9 heteroatoms. The molecule has 4 N–H and O–H groups in total. The molecule has 1 aliphatic rings. The summed E-state index contributed by atoms with van der Waals surface area (Å²) in [5, 5.41) is 5.23. The summed E-state index contributed by atoms with van der Waals surface area (Å²) in [5.41, 5.74) is 6.91. The molecule has 1 aromatic carbocycles. The maximum Gasteiger partial charge on any atom is 0.387 e. The Labute approximate surface area is 144 Å². The molecule has 0 radical (unpaired) electrons. The Morgan fingerprint density at radius 2 is 2.08 bits per heavy atom. The second-order valence-corrected chi connectivity index (χ2v) is 5.23. The van der Waals surface area contributed by atoms with Crippen LogP contribution in [0.3, 0.4) is 0 Å². The number of hydrogen-bond acceptors (Lipinski definition) is 4. The topological polar surface area (TPSA) is 93.5 Å². The highest BCUT2D eigenvalue weighted by atomic mass is 35.5. The number of hydrogen-bond donors (Lipinski definition) is 3. The molecule has 0 aromatic heterocycles. The van der Waals surface area contributed by atoms with Crippen molar-refractivity contribution in [3.8, 4) is 5.75 Å². The Balaban J connectivity index is 0.00000288. The van der Waals surface area contributed by atoms with E-state index in [-0.39, 0.29) is 43.2 Å². The van der Waals surface area contributed by atoms with Crippen molar-refractivity contribution in [1.82, 2.24) is 10.6 Å². The fourth-order valence-electron chi connectivity index (χ4n) is 2.61. The van der Waals surface area contributed by atoms with Crippen molar-refractivity contribution in [3.63, 3.8) is 0 Å². The van der Waals surface area contributed by atoms with Gasteiger partial charge in [-0.3, -0.25) is 9.59 Å². The molecular formula is C15H20ClF2N3O3. The van der Waals surface area contributed by atoms with E-state index in [1.165, 1.54) is 6.07 Å². The number of carbonyl (C=O) groups is 2. The van der Waals surface area contributed by atoms with Gasteiger partial charge in [0.1, 0.15) is 5.75 Å². The summed E-state index contributed by atoms with van der Waals surface area (Å²) in [6.45, 7) is -3.18. The predicted octanol–water partition coefficient (Wildman–Crippen LogP) is 1.28. The number of alkyl halides is 2. The van der Waals surface area contributed by atoms with Gasteiger partial charge in [-0.05, 0) is 42.5 Å². The van der Waals surface area contributed by atoms with Gasteiger partial charge in [0.15, 0.2) is 0 Å². The molecule has 0 aliphatic heterocycles. The quantitative estimate of drug-likeness (QED) is 0.709. The van der Waals surface area contributed by atoms with Crippen molar-refractivity contribution in [2.45, 2.75) is 31.9 Å². The van der Waals surface area contributed by atoms with Gasteiger partial charge in [-0.15, -0.1) is 12.4 Å². The fourth-order valence-corrected chi connectivity index (χ4v) is 2.61. The molecule has 0 fully saturated rings. The summed E-state index contributed by atoms with van der Waals surface area (Å²) in [6.07, 6.45) is 2.32. The lowest BCUT2D eigenvalue weighted by molar-refractivity contribution is -0.125. The largest absolute Gasteiger partial charge is 0.435 e. The van der Waals surface area contributed by atoms with Crippen LogP contribution in [0.4, 0.5) is 8.78 Å². The van der Waals surface area contributed by atoms with Crippen LogP contribution in [0.1, 0.15) is 30.0 Å². The van der Waals surface area contributed by atoms with Crippen LogP contribution in [0, 0.1) is 0 Å². The van der Waals surface area contributed by atoms with E-state index in [1.54, 1.807) is 12.1 Å². The molecule has 1 unspecified atom stereocenters. The van der Waals surface area contributed by atoms with Gasteiger partial charge in [-0.2, -0.15) is 8.78 Å². The molecule has 0 spiro atoms. The molecule has 0 saturated heterocycles. The molecule has 0 heterocycles. The van der Waals surface area contributed by atoms with E-state index in [2.05, 4.69) is 15.4 Å². The first-order valence-corrected chi connectivity index (χ1v) is 7.33. The van der Waals surface area contributed by atoms with Gasteiger partial charge in [0.05, 0.1) is 19.1 Å². The highest BCUT2D eigenvalue weighted by molar-refractivity contribution is 5.86. The Morgan fingerprint density at radius 1 is 1.33 bits per heavy atom. The lowest BCUT2D eigenvalue weighted by Gasteiger charge is -2.27. The highest BCUT2D eigenvalue weighted by Crippen LogP contribution is 2.32. The van der Waals surface area contributed by atoms with Gasteiger partial charge in [-0.25, -0.2) is 0 Å². The Kier molecular flexibility index (Phi) is 7.87. The zero-order valence-corrected chi connectivity index (χ0v) is 13.7. The number of nitrogens with one attached hydrogen (secondary N) is 2. The van der Waals surface area contributed by atoms with Crippen LogP contribution in [0.2, 0.25) is 0 Å². The highest BCUT2D eigenvalue weighted by Gasteiger charge is 2.22. The van der Waals surface area contributed by atoms with E-state index in [4.69, 9.17) is 5.73 Å². The minimum Gasteiger partial charge on any atom is -0.435 e. The minimum absolute atomic E-state index is 0. The SMILES string of the molecule is Cl.NCC(=O)NCC(=O)NC1CCCc2cc(OC(F)F)ccc21. The Hall–Kier alpha value is -1.93. The Bertz CT molecular complexity index is 587. The molecule has 6 nitrogen and oxygen atoms in total. The number of fused-ring (bicyclic) bond motifs is 1. The van der Waals surface area contributed by atoms with Gasteiger partial charge >= 0.3 is 6.61 Å². The standard InChI is InChI=1S/C15H19F2N3O3.ClH/c16-15(17)23-10-4-5-11-9(6-10)2-1-3-12(11)20-14(22)8-19-13(21)7-18;/h4-6,12,15H,1-3,7-8,18H2,(H,19,21)(H,20,22);1H. The second kappa shape index (κ2) is 9.39. The van der Waals surface area contributed by atoms with Crippen LogP contribution >= 0.6 is 12.4 Å². The summed E-state index contributed by atoms with van der Waals surface area (Å²) in [4.78, 5) is 22.9. The molecule has 1 aliphatic carbocycles. The normalized spacial score (nSPS) is 15.9. The first-order valence-electron chi connectivity index (χ1n) is 7.33. The third-order valence-corrected chi connectivity index (χ3v) is 3.62. The number of ether oxygens (including phenoxy) is 1. The second-order valence-electron chi connectivity index (χ2n) is 5.23. The third-order valence-electron chi connectivity index (χ3n) is 3.62. The molecule has 0 bridgehead atoms. The molecule has 0 saturated carbocycles. The van der Waals surface area contributed by atoms with E-state index in [0.717, 1.165) is 30.4 Å². The number of benzene rings is 1. The number of amides is 2. The van der Waals surface area contributed by atoms with Crippen LogP contribution in [-0.4, -0.2) is 31.5 Å². The molecule has 24 heavy (non-hydrogen) atoms. The molecule has 1 atom stereocenters. The smallest absolute Gasteiger partial charge is 0.387 e. The van der Waals surface area contributed by atoms with Gasteiger partial charge in [0.25, 0.3) is 0 Å². The van der Waals surface area contributed by atoms with Gasteiger partial charge in [0, 0.05) is 0 Å². The lowest BCUT2D eigenvalue weighted by Crippen LogP contribution is -2.41. The summed E-state index contributed by atoms with van der Waals surface area (Å²) in [6, 6.07) is 4.53. The zero-order chi connectivity index (χ0) is 16.8. The number of rotatable bonds is 6. The fraction of sp³-hybridized carbons (Fsp3) is 0.467. The molecule has 2 amide bonds. The number of nitrogens with two attached hydrogens (primary N) is 1. The van der Waals surface area contributed by atoms with Crippen LogP contribution in [0.5, 0.6) is 5.75 Å². The van der Waals surface area contributed by atoms with Crippen LogP contribution in [-0.2, 0) is 16.0 Å². The lowest BCUT2D eigenvalue weighted by atomic mass is 9.87. The van der Waals surface area contributed by atoms with Crippen LogP contribution < -0.4 is 21.1 Å². The predicted molar refractivity (Wildman–Crippen MR) is 86.2 cm³/mol. The molecule has 134 valence electrons. The minimum atomic E-state index is -2.86. The number of carbonyl (C=O) groups excluding carboxylic acids is 2. The van der Waals surface area contributed by atoms with Crippen molar-refractivity contribution >= 4 is 24.2 Å². The zero-order valence-electron chi connectivity index (χ0n) is 12.9. The van der Waals surface area contributed by atoms with E-state index < -0.39 is 12.5 Å². The number of aryl methyl sites for hydroxylation is 1. The average Bonchev–Trinajstić information content (AvgIpc) is 2.52. The van der Waals surface area contributed by atoms with Crippen molar-refractivity contribution < 1.29 is 23.1 Å². The average molecular weight is 364 g/mol. The summed E-state index contributed by atoms with van der Waals surface area (Å²) >= 11 is 0. The number of halogens is 3. The monoisotopic (exact) mass is 363 g/mol.